The molecule has 164 valence electrons. The SMILES string of the molecule is Cc1cccc(Cn2ccc(C(=O)Nc3ncc(Cc4ccc(C(F)(F)F)cc4)s3)n2)c1. The summed E-state index contributed by atoms with van der Waals surface area (Å²) >= 11 is 1.27. The van der Waals surface area contributed by atoms with Crippen molar-refractivity contribution in [2.45, 2.75) is 26.1 Å². The van der Waals surface area contributed by atoms with Gasteiger partial charge in [-0.05, 0) is 36.2 Å². The Morgan fingerprint density at radius 2 is 1.88 bits per heavy atom. The maximum atomic E-state index is 12.7. The maximum absolute atomic E-state index is 12.7. The van der Waals surface area contributed by atoms with E-state index in [0.29, 0.717) is 18.1 Å². The van der Waals surface area contributed by atoms with Crippen LogP contribution in [-0.2, 0) is 19.1 Å². The molecule has 5 nitrogen and oxygen atoms in total. The zero-order valence-electron chi connectivity index (χ0n) is 17.1. The van der Waals surface area contributed by atoms with Gasteiger partial charge in [-0.2, -0.15) is 18.3 Å². The molecule has 0 radical (unpaired) electrons. The van der Waals surface area contributed by atoms with Gasteiger partial charge < -0.3 is 0 Å². The second kappa shape index (κ2) is 8.96. The number of alkyl halides is 3. The van der Waals surface area contributed by atoms with E-state index in [4.69, 9.17) is 0 Å². The van der Waals surface area contributed by atoms with Crippen molar-refractivity contribution < 1.29 is 18.0 Å². The maximum Gasteiger partial charge on any atom is 0.416 e. The quantitative estimate of drug-likeness (QED) is 0.413. The van der Waals surface area contributed by atoms with Crippen LogP contribution < -0.4 is 5.32 Å². The lowest BCUT2D eigenvalue weighted by atomic mass is 10.1. The van der Waals surface area contributed by atoms with Gasteiger partial charge in [0.05, 0.1) is 12.1 Å². The first-order valence-corrected chi connectivity index (χ1v) is 10.6. The standard InChI is InChI=1S/C23H19F3N4OS/c1-15-3-2-4-17(11-15)14-30-10-9-20(29-30)21(31)28-22-27-13-19(32-22)12-16-5-7-18(8-6-16)23(24,25)26/h2-11,13H,12,14H2,1H3,(H,27,28,31). The van der Waals surface area contributed by atoms with Gasteiger partial charge in [0.1, 0.15) is 0 Å². The molecule has 4 rings (SSSR count). The fraction of sp³-hybridized carbons (Fsp3) is 0.174. The Labute approximate surface area is 186 Å². The molecule has 0 saturated carbocycles. The molecule has 1 amide bonds. The third-order valence-corrected chi connectivity index (χ3v) is 5.65. The predicted molar refractivity (Wildman–Crippen MR) is 117 cm³/mol. The van der Waals surface area contributed by atoms with Gasteiger partial charge in [0, 0.05) is 23.7 Å². The number of benzene rings is 2. The van der Waals surface area contributed by atoms with Crippen molar-refractivity contribution in [3.8, 4) is 0 Å². The number of nitrogens with one attached hydrogen (secondary N) is 1. The molecule has 0 atom stereocenters. The first-order valence-electron chi connectivity index (χ1n) is 9.77. The van der Waals surface area contributed by atoms with Crippen molar-refractivity contribution >= 4 is 22.4 Å². The summed E-state index contributed by atoms with van der Waals surface area (Å²) in [6.45, 7) is 2.58. The smallest absolute Gasteiger partial charge is 0.296 e. The van der Waals surface area contributed by atoms with E-state index in [1.165, 1.54) is 23.5 Å². The lowest BCUT2D eigenvalue weighted by Gasteiger charge is -2.06. The van der Waals surface area contributed by atoms with Gasteiger partial charge in [-0.1, -0.05) is 42.0 Å². The van der Waals surface area contributed by atoms with E-state index in [-0.39, 0.29) is 11.6 Å². The van der Waals surface area contributed by atoms with Gasteiger partial charge in [0.25, 0.3) is 5.91 Å². The highest BCUT2D eigenvalue weighted by atomic mass is 32.1. The van der Waals surface area contributed by atoms with Crippen LogP contribution in [0, 0.1) is 6.92 Å². The molecule has 9 heteroatoms. The number of aryl methyl sites for hydroxylation is 1. The molecule has 2 aromatic heterocycles. The molecule has 2 heterocycles. The van der Waals surface area contributed by atoms with Gasteiger partial charge in [0.15, 0.2) is 10.8 Å². The molecule has 0 fully saturated rings. The summed E-state index contributed by atoms with van der Waals surface area (Å²) in [5.41, 5.74) is 2.57. The zero-order valence-corrected chi connectivity index (χ0v) is 17.9. The first kappa shape index (κ1) is 21.8. The highest BCUT2D eigenvalue weighted by Crippen LogP contribution is 2.30. The predicted octanol–water partition coefficient (Wildman–Crippen LogP) is 5.56. The number of thiazole rings is 1. The van der Waals surface area contributed by atoms with Gasteiger partial charge in [0.2, 0.25) is 0 Å². The fourth-order valence-electron chi connectivity index (χ4n) is 3.19. The molecule has 0 aliphatic heterocycles. The van der Waals surface area contributed by atoms with Gasteiger partial charge in [-0.25, -0.2) is 4.98 Å². The molecule has 0 aliphatic rings. The molecular weight excluding hydrogens is 437 g/mol. The number of hydrogen-bond donors (Lipinski definition) is 1. The van der Waals surface area contributed by atoms with E-state index in [2.05, 4.69) is 21.5 Å². The summed E-state index contributed by atoms with van der Waals surface area (Å²) in [5, 5.41) is 7.45. The second-order valence-electron chi connectivity index (χ2n) is 7.34. The van der Waals surface area contributed by atoms with Crippen molar-refractivity contribution in [1.29, 1.82) is 0 Å². The molecule has 0 aliphatic carbocycles. The lowest BCUT2D eigenvalue weighted by molar-refractivity contribution is -0.137. The van der Waals surface area contributed by atoms with Crippen LogP contribution in [0.1, 0.15) is 37.6 Å². The Hall–Kier alpha value is -3.46. The van der Waals surface area contributed by atoms with Crippen molar-refractivity contribution in [2.24, 2.45) is 0 Å². The van der Waals surface area contributed by atoms with Crippen LogP contribution in [0.15, 0.2) is 67.0 Å². The van der Waals surface area contributed by atoms with Crippen molar-refractivity contribution in [1.82, 2.24) is 14.8 Å². The minimum absolute atomic E-state index is 0.275. The fourth-order valence-corrected chi connectivity index (χ4v) is 4.03. The van der Waals surface area contributed by atoms with Crippen LogP contribution >= 0.6 is 11.3 Å². The number of carbonyl (C=O) groups excluding carboxylic acids is 1. The number of hydrogen-bond acceptors (Lipinski definition) is 4. The van der Waals surface area contributed by atoms with E-state index in [9.17, 15) is 18.0 Å². The summed E-state index contributed by atoms with van der Waals surface area (Å²) in [6.07, 6.45) is -0.576. The molecular formula is C23H19F3N4OS. The van der Waals surface area contributed by atoms with Crippen molar-refractivity contribution in [3.63, 3.8) is 0 Å². The zero-order chi connectivity index (χ0) is 22.7. The Morgan fingerprint density at radius 1 is 1.09 bits per heavy atom. The van der Waals surface area contributed by atoms with E-state index in [1.54, 1.807) is 23.1 Å². The number of halogens is 3. The Morgan fingerprint density at radius 3 is 2.59 bits per heavy atom. The number of anilines is 1. The highest BCUT2D eigenvalue weighted by Gasteiger charge is 2.29. The van der Waals surface area contributed by atoms with Crippen LogP contribution in [0.3, 0.4) is 0 Å². The minimum Gasteiger partial charge on any atom is -0.296 e. The van der Waals surface area contributed by atoms with Gasteiger partial charge in [-0.3, -0.25) is 14.8 Å². The number of aromatic nitrogens is 3. The number of nitrogens with zero attached hydrogens (tertiary/aromatic N) is 3. The normalized spacial score (nSPS) is 11.5. The summed E-state index contributed by atoms with van der Waals surface area (Å²) in [5.74, 6) is -0.372. The van der Waals surface area contributed by atoms with Crippen molar-refractivity contribution in [2.75, 3.05) is 5.32 Å². The van der Waals surface area contributed by atoms with Crippen LogP contribution in [0.25, 0.3) is 0 Å². The molecule has 0 unspecified atom stereocenters. The largest absolute Gasteiger partial charge is 0.416 e. The Kier molecular flexibility index (Phi) is 6.09. The number of amides is 1. The molecule has 32 heavy (non-hydrogen) atoms. The van der Waals surface area contributed by atoms with E-state index >= 15 is 0 Å². The minimum atomic E-state index is -4.35. The summed E-state index contributed by atoms with van der Waals surface area (Å²) in [6, 6.07) is 14.7. The van der Waals surface area contributed by atoms with Crippen LogP contribution in [0.2, 0.25) is 0 Å². The van der Waals surface area contributed by atoms with E-state index in [0.717, 1.165) is 33.7 Å². The Bertz CT molecular complexity index is 1230. The van der Waals surface area contributed by atoms with E-state index < -0.39 is 11.7 Å². The topological polar surface area (TPSA) is 59.8 Å². The summed E-state index contributed by atoms with van der Waals surface area (Å²) in [4.78, 5) is 17.5. The average Bonchev–Trinajstić information content (AvgIpc) is 3.37. The average molecular weight is 456 g/mol. The van der Waals surface area contributed by atoms with Gasteiger partial charge >= 0.3 is 6.18 Å². The number of carbonyl (C=O) groups is 1. The van der Waals surface area contributed by atoms with Crippen LogP contribution in [0.4, 0.5) is 18.3 Å². The third kappa shape index (κ3) is 5.42. The molecule has 0 bridgehead atoms. The highest BCUT2D eigenvalue weighted by molar-refractivity contribution is 7.15. The second-order valence-corrected chi connectivity index (χ2v) is 8.46. The molecule has 2 aromatic carbocycles. The molecule has 0 spiro atoms. The van der Waals surface area contributed by atoms with Crippen molar-refractivity contribution in [3.05, 3.63) is 99.8 Å². The van der Waals surface area contributed by atoms with Crippen LogP contribution in [0.5, 0.6) is 0 Å². The first-order chi connectivity index (χ1) is 15.3. The molecule has 0 saturated heterocycles. The van der Waals surface area contributed by atoms with E-state index in [1.807, 2.05) is 25.1 Å². The monoisotopic (exact) mass is 456 g/mol. The van der Waals surface area contributed by atoms with Gasteiger partial charge in [-0.15, -0.1) is 11.3 Å². The van der Waals surface area contributed by atoms with Crippen LogP contribution in [-0.4, -0.2) is 20.7 Å². The Balaban J connectivity index is 1.36. The third-order valence-electron chi connectivity index (χ3n) is 4.73. The number of rotatable bonds is 6. The summed E-state index contributed by atoms with van der Waals surface area (Å²) in [7, 11) is 0. The lowest BCUT2D eigenvalue weighted by Crippen LogP contribution is -2.13. The molecule has 4 aromatic rings. The molecule has 1 N–H and O–H groups in total. The summed E-state index contributed by atoms with van der Waals surface area (Å²) < 4.78 is 39.7.